The summed E-state index contributed by atoms with van der Waals surface area (Å²) in [6, 6.07) is 22.6. The first-order chi connectivity index (χ1) is 16.8. The summed E-state index contributed by atoms with van der Waals surface area (Å²) in [5.74, 6) is 0.442. The zero-order valence-corrected chi connectivity index (χ0v) is 21.4. The van der Waals surface area contributed by atoms with Crippen molar-refractivity contribution < 1.29 is 17.9 Å². The molecule has 2 atom stereocenters. The van der Waals surface area contributed by atoms with Gasteiger partial charge in [-0.1, -0.05) is 62.4 Å². The van der Waals surface area contributed by atoms with Crippen molar-refractivity contribution in [2.75, 3.05) is 25.5 Å². The van der Waals surface area contributed by atoms with E-state index in [-0.39, 0.29) is 16.8 Å². The summed E-state index contributed by atoms with van der Waals surface area (Å²) >= 11 is 0. The molecule has 2 unspecified atom stereocenters. The van der Waals surface area contributed by atoms with Gasteiger partial charge in [0.05, 0.1) is 12.0 Å². The van der Waals surface area contributed by atoms with E-state index in [1.54, 1.807) is 43.5 Å². The maximum absolute atomic E-state index is 13.3. The Labute approximate surface area is 208 Å². The third-order valence-electron chi connectivity index (χ3n) is 5.87. The van der Waals surface area contributed by atoms with Crippen LogP contribution in [0.3, 0.4) is 0 Å². The molecule has 3 aromatic rings. The molecule has 0 aliphatic carbocycles. The second-order valence-electron chi connectivity index (χ2n) is 8.11. The number of hydrogen-bond acceptors (Lipinski definition) is 5. The number of methoxy groups -OCH3 is 1. The first-order valence-electron chi connectivity index (χ1n) is 11.7. The van der Waals surface area contributed by atoms with Crippen LogP contribution in [0, 0.1) is 0 Å². The van der Waals surface area contributed by atoms with Gasteiger partial charge in [-0.3, -0.25) is 10.1 Å². The molecule has 0 saturated heterocycles. The lowest BCUT2D eigenvalue weighted by atomic mass is 10.0. The third kappa shape index (κ3) is 6.48. The largest absolute Gasteiger partial charge is 0.497 e. The minimum absolute atomic E-state index is 0.211. The molecule has 0 fully saturated rings. The molecule has 7 nitrogen and oxygen atoms in total. The molecule has 186 valence electrons. The molecule has 2 N–H and O–H groups in total. The molecule has 1 amide bonds. The molecule has 0 aliphatic heterocycles. The normalized spacial score (nSPS) is 13.3. The van der Waals surface area contributed by atoms with E-state index in [0.717, 1.165) is 11.1 Å². The minimum atomic E-state index is -3.52. The Kier molecular flexibility index (Phi) is 9.03. The van der Waals surface area contributed by atoms with E-state index < -0.39 is 16.1 Å². The van der Waals surface area contributed by atoms with Crippen LogP contribution in [0.2, 0.25) is 0 Å². The molecule has 0 aromatic heterocycles. The zero-order chi connectivity index (χ0) is 25.4. The first-order valence-corrected chi connectivity index (χ1v) is 13.1. The van der Waals surface area contributed by atoms with Crippen LogP contribution in [0.5, 0.6) is 5.75 Å². The Bertz CT molecular complexity index is 1210. The average molecular weight is 496 g/mol. The lowest BCUT2D eigenvalue weighted by Crippen LogP contribution is -2.34. The summed E-state index contributed by atoms with van der Waals surface area (Å²) in [4.78, 5) is 13.6. The second kappa shape index (κ2) is 12.0. The predicted octanol–water partition coefficient (Wildman–Crippen LogP) is 4.76. The van der Waals surface area contributed by atoms with Gasteiger partial charge in [0.15, 0.2) is 0 Å². The second-order valence-corrected chi connectivity index (χ2v) is 10.0. The van der Waals surface area contributed by atoms with Gasteiger partial charge in [0, 0.05) is 30.9 Å². The summed E-state index contributed by atoms with van der Waals surface area (Å²) in [5, 5.41) is 6.36. The molecule has 0 spiro atoms. The number of ether oxygens (including phenoxy) is 1. The van der Waals surface area contributed by atoms with Gasteiger partial charge in [0.2, 0.25) is 15.9 Å². The minimum Gasteiger partial charge on any atom is -0.497 e. The molecule has 0 bridgehead atoms. The third-order valence-corrected chi connectivity index (χ3v) is 7.94. The Morgan fingerprint density at radius 1 is 0.914 bits per heavy atom. The molecule has 8 heteroatoms. The topological polar surface area (TPSA) is 87.7 Å². The molecule has 0 aliphatic rings. The number of amides is 1. The van der Waals surface area contributed by atoms with Gasteiger partial charge in [0.1, 0.15) is 11.8 Å². The predicted molar refractivity (Wildman–Crippen MR) is 139 cm³/mol. The van der Waals surface area contributed by atoms with Crippen molar-refractivity contribution in [3.8, 4) is 5.75 Å². The SMILES string of the molecule is CCN(CC)S(=O)(=O)c1ccc(C(C)NC(C(=O)Nc2cccc(OC)c2)c2ccccc2)cc1. The van der Waals surface area contributed by atoms with Crippen molar-refractivity contribution in [1.82, 2.24) is 9.62 Å². The maximum Gasteiger partial charge on any atom is 0.246 e. The molecule has 3 rings (SSSR count). The number of nitrogens with zero attached hydrogens (tertiary/aromatic N) is 1. The van der Waals surface area contributed by atoms with E-state index in [2.05, 4.69) is 10.6 Å². The van der Waals surface area contributed by atoms with E-state index in [1.165, 1.54) is 4.31 Å². The monoisotopic (exact) mass is 495 g/mol. The van der Waals surface area contributed by atoms with Crippen molar-refractivity contribution in [2.24, 2.45) is 0 Å². The standard InChI is InChI=1S/C27H33N3O4S/c1-5-30(6-2)35(32,33)25-17-15-21(16-18-25)20(3)28-26(22-11-8-7-9-12-22)27(31)29-23-13-10-14-24(19-23)34-4/h7-20,26,28H,5-6H2,1-4H3,(H,29,31). The van der Waals surface area contributed by atoms with E-state index >= 15 is 0 Å². The van der Waals surface area contributed by atoms with Crippen molar-refractivity contribution in [3.05, 3.63) is 90.0 Å². The number of carbonyl (C=O) groups is 1. The Morgan fingerprint density at radius 2 is 1.57 bits per heavy atom. The summed E-state index contributed by atoms with van der Waals surface area (Å²) in [7, 11) is -1.95. The van der Waals surface area contributed by atoms with Crippen LogP contribution in [0.4, 0.5) is 5.69 Å². The summed E-state index contributed by atoms with van der Waals surface area (Å²) < 4.78 is 32.3. The Balaban J connectivity index is 1.82. The summed E-state index contributed by atoms with van der Waals surface area (Å²) in [5.41, 5.74) is 2.33. The molecule has 35 heavy (non-hydrogen) atoms. The van der Waals surface area contributed by atoms with E-state index in [9.17, 15) is 13.2 Å². The van der Waals surface area contributed by atoms with Crippen LogP contribution in [0.1, 0.15) is 44.0 Å². The van der Waals surface area contributed by atoms with Gasteiger partial charge in [-0.2, -0.15) is 4.31 Å². The zero-order valence-electron chi connectivity index (χ0n) is 20.6. The molecular weight excluding hydrogens is 462 g/mol. The lowest BCUT2D eigenvalue weighted by Gasteiger charge is -2.24. The van der Waals surface area contributed by atoms with Gasteiger partial charge in [-0.25, -0.2) is 8.42 Å². The number of anilines is 1. The number of hydrogen-bond donors (Lipinski definition) is 2. The van der Waals surface area contributed by atoms with Crippen LogP contribution >= 0.6 is 0 Å². The highest BCUT2D eigenvalue weighted by atomic mass is 32.2. The fourth-order valence-electron chi connectivity index (χ4n) is 3.87. The number of nitrogens with one attached hydrogen (secondary N) is 2. The van der Waals surface area contributed by atoms with Crippen LogP contribution in [0.15, 0.2) is 83.8 Å². The van der Waals surface area contributed by atoms with Gasteiger partial charge < -0.3 is 10.1 Å². The number of benzene rings is 3. The van der Waals surface area contributed by atoms with Crippen LogP contribution < -0.4 is 15.4 Å². The fourth-order valence-corrected chi connectivity index (χ4v) is 5.33. The van der Waals surface area contributed by atoms with Crippen molar-refractivity contribution in [1.29, 1.82) is 0 Å². The molecule has 0 saturated carbocycles. The lowest BCUT2D eigenvalue weighted by molar-refractivity contribution is -0.118. The number of sulfonamides is 1. The molecule has 3 aromatic carbocycles. The average Bonchev–Trinajstić information content (AvgIpc) is 2.88. The first kappa shape index (κ1) is 26.4. The van der Waals surface area contributed by atoms with Gasteiger partial charge in [-0.15, -0.1) is 0 Å². The Hall–Kier alpha value is -3.20. The van der Waals surface area contributed by atoms with Crippen molar-refractivity contribution >= 4 is 21.6 Å². The van der Waals surface area contributed by atoms with Crippen LogP contribution in [-0.2, 0) is 14.8 Å². The molecule has 0 heterocycles. The molecular formula is C27H33N3O4S. The Morgan fingerprint density at radius 3 is 2.17 bits per heavy atom. The highest BCUT2D eigenvalue weighted by molar-refractivity contribution is 7.89. The van der Waals surface area contributed by atoms with Crippen molar-refractivity contribution in [2.45, 2.75) is 37.8 Å². The van der Waals surface area contributed by atoms with Crippen LogP contribution in [-0.4, -0.2) is 38.8 Å². The molecule has 0 radical (unpaired) electrons. The van der Waals surface area contributed by atoms with Gasteiger partial charge in [-0.05, 0) is 42.3 Å². The number of carbonyl (C=O) groups excluding carboxylic acids is 1. The van der Waals surface area contributed by atoms with E-state index in [1.807, 2.05) is 63.2 Å². The fraction of sp³-hybridized carbons (Fsp3) is 0.296. The van der Waals surface area contributed by atoms with E-state index in [4.69, 9.17) is 4.74 Å². The highest BCUT2D eigenvalue weighted by Gasteiger charge is 2.25. The van der Waals surface area contributed by atoms with E-state index in [0.29, 0.717) is 24.5 Å². The maximum atomic E-state index is 13.3. The summed E-state index contributed by atoms with van der Waals surface area (Å²) in [6.45, 7) is 6.42. The smallest absolute Gasteiger partial charge is 0.246 e. The van der Waals surface area contributed by atoms with Gasteiger partial charge >= 0.3 is 0 Å². The number of rotatable bonds is 11. The van der Waals surface area contributed by atoms with Crippen LogP contribution in [0.25, 0.3) is 0 Å². The summed E-state index contributed by atoms with van der Waals surface area (Å²) in [6.07, 6.45) is 0. The van der Waals surface area contributed by atoms with Gasteiger partial charge in [0.25, 0.3) is 0 Å². The van der Waals surface area contributed by atoms with Crippen molar-refractivity contribution in [3.63, 3.8) is 0 Å². The quantitative estimate of drug-likeness (QED) is 0.401. The highest BCUT2D eigenvalue weighted by Crippen LogP contribution is 2.24.